The molecule has 0 aliphatic rings. The summed E-state index contributed by atoms with van der Waals surface area (Å²) in [5.74, 6) is -0.902. The van der Waals surface area contributed by atoms with E-state index < -0.39 is 23.0 Å². The van der Waals surface area contributed by atoms with Crippen molar-refractivity contribution in [2.45, 2.75) is 19.8 Å². The largest absolute Gasteiger partial charge is 0.461 e. The van der Waals surface area contributed by atoms with E-state index in [0.717, 1.165) is 12.8 Å². The van der Waals surface area contributed by atoms with Crippen molar-refractivity contribution in [3.63, 3.8) is 0 Å². The maximum atomic E-state index is 10.9. The highest BCUT2D eigenvalue weighted by molar-refractivity contribution is 7.80. The molecule has 1 N–H and O–H groups in total. The van der Waals surface area contributed by atoms with Crippen molar-refractivity contribution in [3.8, 4) is 0 Å². The lowest BCUT2D eigenvalue weighted by Gasteiger charge is -2.06. The van der Waals surface area contributed by atoms with Crippen molar-refractivity contribution < 1.29 is 36.2 Å². The topological polar surface area (TPSA) is 108 Å². The van der Waals surface area contributed by atoms with E-state index in [4.69, 9.17) is 14.0 Å². The molecule has 114 valence electrons. The molecule has 0 rings (SSSR count). The van der Waals surface area contributed by atoms with Crippen LogP contribution in [0.1, 0.15) is 19.8 Å². The predicted octanol–water partition coefficient (Wildman–Crippen LogP) is 0.182. The summed E-state index contributed by atoms with van der Waals surface area (Å²) in [7, 11) is -4.62. The summed E-state index contributed by atoms with van der Waals surface area (Å²) in [6, 6.07) is 0. The maximum absolute atomic E-state index is 10.9. The van der Waals surface area contributed by atoms with Crippen molar-refractivity contribution in [1.29, 1.82) is 0 Å². The highest BCUT2D eigenvalue weighted by Crippen LogP contribution is 1.90. The first-order valence-corrected chi connectivity index (χ1v) is 7.25. The Labute approximate surface area is 112 Å². The van der Waals surface area contributed by atoms with Gasteiger partial charge in [0.15, 0.2) is 6.61 Å². The second-order valence-electron chi connectivity index (χ2n) is 3.49. The van der Waals surface area contributed by atoms with Gasteiger partial charge in [0.25, 0.3) is 0 Å². The SMILES string of the molecule is CCCCOCCOCCOC(=O)COS(=O)(=O)O. The third-order valence-electron chi connectivity index (χ3n) is 1.83. The summed E-state index contributed by atoms with van der Waals surface area (Å²) < 4.78 is 47.2. The van der Waals surface area contributed by atoms with Crippen molar-refractivity contribution in [2.24, 2.45) is 0 Å². The number of carbonyl (C=O) groups is 1. The number of carbonyl (C=O) groups excluding carboxylic acids is 1. The molecule has 0 unspecified atom stereocenters. The molecule has 8 nitrogen and oxygen atoms in total. The fraction of sp³-hybridized carbons (Fsp3) is 0.900. The molecule has 0 saturated carbocycles. The summed E-state index contributed by atoms with van der Waals surface area (Å²) in [6.45, 7) is 2.92. The van der Waals surface area contributed by atoms with Gasteiger partial charge in [-0.1, -0.05) is 13.3 Å². The molecule has 0 aromatic carbocycles. The minimum atomic E-state index is -4.62. The molecular weight excluding hydrogens is 280 g/mol. The molecule has 0 heterocycles. The Morgan fingerprint density at radius 3 is 2.21 bits per heavy atom. The lowest BCUT2D eigenvalue weighted by atomic mass is 10.4. The fourth-order valence-electron chi connectivity index (χ4n) is 0.947. The number of hydrogen-bond acceptors (Lipinski definition) is 7. The molecule has 0 bridgehead atoms. The van der Waals surface area contributed by atoms with Crippen LogP contribution in [-0.2, 0) is 33.6 Å². The average Bonchev–Trinajstić information content (AvgIpc) is 2.33. The Balaban J connectivity index is 3.28. The number of unbranched alkanes of at least 4 members (excludes halogenated alkanes) is 1. The average molecular weight is 300 g/mol. The van der Waals surface area contributed by atoms with E-state index in [1.807, 2.05) is 0 Å². The standard InChI is InChI=1S/C10H20O8S/c1-2-3-4-15-5-6-16-7-8-17-10(11)9-18-19(12,13)14/h2-9H2,1H3,(H,12,13,14). The zero-order valence-corrected chi connectivity index (χ0v) is 11.7. The summed E-state index contributed by atoms with van der Waals surface area (Å²) in [4.78, 5) is 10.9. The summed E-state index contributed by atoms with van der Waals surface area (Å²) in [5, 5.41) is 0. The van der Waals surface area contributed by atoms with Crippen molar-refractivity contribution >= 4 is 16.4 Å². The Kier molecular flexibility index (Phi) is 10.7. The van der Waals surface area contributed by atoms with Crippen LogP contribution in [-0.4, -0.2) is 58.6 Å². The van der Waals surface area contributed by atoms with Gasteiger partial charge in [-0.3, -0.25) is 4.55 Å². The smallest absolute Gasteiger partial charge is 0.397 e. The molecule has 0 amide bonds. The summed E-state index contributed by atoms with van der Waals surface area (Å²) in [5.41, 5.74) is 0. The molecule has 0 saturated heterocycles. The number of esters is 1. The van der Waals surface area contributed by atoms with Crippen molar-refractivity contribution in [3.05, 3.63) is 0 Å². The molecule has 0 fully saturated rings. The maximum Gasteiger partial charge on any atom is 0.397 e. The van der Waals surface area contributed by atoms with Gasteiger partial charge in [-0.25, -0.2) is 8.98 Å². The third kappa shape index (κ3) is 15.2. The Bertz CT molecular complexity index is 326. The first-order chi connectivity index (χ1) is 8.95. The molecule has 0 radical (unpaired) electrons. The quantitative estimate of drug-likeness (QED) is 0.309. The van der Waals surface area contributed by atoms with Crippen LogP contribution >= 0.6 is 0 Å². The van der Waals surface area contributed by atoms with Gasteiger partial charge in [0.2, 0.25) is 0 Å². The molecule has 0 aromatic rings. The van der Waals surface area contributed by atoms with E-state index in [9.17, 15) is 13.2 Å². The minimum Gasteiger partial charge on any atom is -0.461 e. The van der Waals surface area contributed by atoms with Crippen LogP contribution in [0.15, 0.2) is 0 Å². The fourth-order valence-corrected chi connectivity index (χ4v) is 1.19. The molecule has 19 heavy (non-hydrogen) atoms. The summed E-state index contributed by atoms with van der Waals surface area (Å²) >= 11 is 0. The molecule has 0 aliphatic heterocycles. The lowest BCUT2D eigenvalue weighted by molar-refractivity contribution is -0.147. The second-order valence-corrected chi connectivity index (χ2v) is 4.58. The van der Waals surface area contributed by atoms with Gasteiger partial charge in [-0.2, -0.15) is 8.42 Å². The van der Waals surface area contributed by atoms with Gasteiger partial charge in [0, 0.05) is 6.61 Å². The van der Waals surface area contributed by atoms with Crippen LogP contribution in [0.5, 0.6) is 0 Å². The first-order valence-electron chi connectivity index (χ1n) is 5.88. The van der Waals surface area contributed by atoms with Crippen molar-refractivity contribution in [2.75, 3.05) is 39.6 Å². The van der Waals surface area contributed by atoms with E-state index in [0.29, 0.717) is 19.8 Å². The Morgan fingerprint density at radius 1 is 1.05 bits per heavy atom. The van der Waals surface area contributed by atoms with Crippen LogP contribution in [0.25, 0.3) is 0 Å². The zero-order valence-electron chi connectivity index (χ0n) is 10.9. The van der Waals surface area contributed by atoms with E-state index >= 15 is 0 Å². The highest BCUT2D eigenvalue weighted by atomic mass is 32.3. The molecular formula is C10H20O8S. The van der Waals surface area contributed by atoms with Crippen LogP contribution < -0.4 is 0 Å². The normalized spacial score (nSPS) is 11.5. The van der Waals surface area contributed by atoms with Crippen LogP contribution in [0.2, 0.25) is 0 Å². The van der Waals surface area contributed by atoms with Gasteiger partial charge in [-0.15, -0.1) is 0 Å². The summed E-state index contributed by atoms with van der Waals surface area (Å²) in [6.07, 6.45) is 2.08. The number of ether oxygens (including phenoxy) is 3. The third-order valence-corrected chi connectivity index (χ3v) is 2.25. The Hall–Kier alpha value is -0.740. The number of hydrogen-bond donors (Lipinski definition) is 1. The molecule has 0 aliphatic carbocycles. The lowest BCUT2D eigenvalue weighted by Crippen LogP contribution is -2.18. The van der Waals surface area contributed by atoms with E-state index in [2.05, 4.69) is 15.8 Å². The minimum absolute atomic E-state index is 0.0252. The molecule has 0 atom stereocenters. The predicted molar refractivity (Wildman–Crippen MR) is 65.0 cm³/mol. The van der Waals surface area contributed by atoms with E-state index in [1.54, 1.807) is 0 Å². The van der Waals surface area contributed by atoms with Crippen LogP contribution in [0.4, 0.5) is 0 Å². The highest BCUT2D eigenvalue weighted by Gasteiger charge is 2.10. The van der Waals surface area contributed by atoms with Crippen molar-refractivity contribution in [1.82, 2.24) is 0 Å². The van der Waals surface area contributed by atoms with Gasteiger partial charge in [-0.05, 0) is 6.42 Å². The van der Waals surface area contributed by atoms with Gasteiger partial charge in [0.1, 0.15) is 6.61 Å². The second kappa shape index (κ2) is 11.1. The molecule has 0 spiro atoms. The monoisotopic (exact) mass is 300 g/mol. The molecule has 0 aromatic heterocycles. The number of rotatable bonds is 12. The van der Waals surface area contributed by atoms with E-state index in [-0.39, 0.29) is 13.2 Å². The van der Waals surface area contributed by atoms with Gasteiger partial charge in [0.05, 0.1) is 19.8 Å². The molecule has 9 heteroatoms. The van der Waals surface area contributed by atoms with Crippen LogP contribution in [0, 0.1) is 0 Å². The van der Waals surface area contributed by atoms with Gasteiger partial charge >= 0.3 is 16.4 Å². The first kappa shape index (κ1) is 18.3. The van der Waals surface area contributed by atoms with Crippen LogP contribution in [0.3, 0.4) is 0 Å². The van der Waals surface area contributed by atoms with Gasteiger partial charge < -0.3 is 14.2 Å². The van der Waals surface area contributed by atoms with E-state index in [1.165, 1.54) is 0 Å². The zero-order chi connectivity index (χ0) is 14.6. The Morgan fingerprint density at radius 2 is 1.63 bits per heavy atom.